The first kappa shape index (κ1) is 11.4. The molecule has 0 fully saturated rings. The first-order valence-corrected chi connectivity index (χ1v) is 2.22. The molecule has 0 spiro atoms. The van der Waals surface area contributed by atoms with Crippen molar-refractivity contribution in [2.75, 3.05) is 0 Å². The Morgan fingerprint density at radius 3 is 1.75 bits per heavy atom. The molecule has 2 nitrogen and oxygen atoms in total. The van der Waals surface area contributed by atoms with Crippen LogP contribution < -0.4 is 0 Å². The van der Waals surface area contributed by atoms with Crippen molar-refractivity contribution in [3.63, 3.8) is 0 Å². The molecule has 0 saturated heterocycles. The predicted molar refractivity (Wildman–Crippen MR) is 31.7 cm³/mol. The van der Waals surface area contributed by atoms with Crippen LogP contribution >= 0.6 is 0 Å². The van der Waals surface area contributed by atoms with Crippen LogP contribution in [0.25, 0.3) is 0 Å². The maximum absolute atomic E-state index is 10.2. The number of ketones is 2. The van der Waals surface area contributed by atoms with Crippen molar-refractivity contribution >= 4 is 49.3 Å². The Kier molecular flexibility index (Phi) is 8.17. The summed E-state index contributed by atoms with van der Waals surface area (Å²) in [6.07, 6.45) is 0.329. The maximum Gasteiger partial charge on any atom is 0.197 e. The molecule has 3 heteroatoms. The molecule has 0 rings (SSSR count). The molecule has 0 amide bonds. The van der Waals surface area contributed by atoms with Crippen molar-refractivity contribution in [2.24, 2.45) is 0 Å². The van der Waals surface area contributed by atoms with Gasteiger partial charge >= 0.3 is 0 Å². The summed E-state index contributed by atoms with van der Waals surface area (Å²) in [5.74, 6) is -0.637. The van der Waals surface area contributed by atoms with Gasteiger partial charge in [-0.05, 0) is 0 Å². The van der Waals surface area contributed by atoms with Crippen LogP contribution in [0.3, 0.4) is 0 Å². The maximum atomic E-state index is 10.2. The van der Waals surface area contributed by atoms with Gasteiger partial charge in [-0.15, -0.1) is 0 Å². The number of hydrogen-bond donors (Lipinski definition) is 0. The average molecular weight is 140 g/mol. The van der Waals surface area contributed by atoms with Crippen LogP contribution in [0.5, 0.6) is 0 Å². The zero-order valence-corrected chi connectivity index (χ0v) is 7.44. The van der Waals surface area contributed by atoms with Crippen LogP contribution in [0.15, 0.2) is 0 Å². The van der Waals surface area contributed by atoms with Crippen LogP contribution in [0, 0.1) is 0 Å². The minimum absolute atomic E-state index is 0. The molecule has 0 N–H and O–H groups in total. The second-order valence-electron chi connectivity index (χ2n) is 1.33. The van der Waals surface area contributed by atoms with Crippen LogP contribution in [0.2, 0.25) is 0 Å². The summed E-state index contributed by atoms with van der Waals surface area (Å²) in [5, 5.41) is 0. The zero-order chi connectivity index (χ0) is 5.86. The molecule has 2 radical (unpaired) electrons. The second kappa shape index (κ2) is 5.73. The molecule has 8 heavy (non-hydrogen) atoms. The third-order valence-corrected chi connectivity index (χ3v) is 0.714. The molecule has 0 bridgehead atoms. The van der Waals surface area contributed by atoms with E-state index in [1.165, 1.54) is 6.92 Å². The third kappa shape index (κ3) is 4.75. The molecule has 0 aliphatic rings. The average Bonchev–Trinajstić information content (AvgIpc) is 1.65. The number of carbonyl (C=O) groups is 2. The molecule has 0 aliphatic heterocycles. The number of hydrogen-bond acceptors (Lipinski definition) is 2. The first-order chi connectivity index (χ1) is 3.18. The van der Waals surface area contributed by atoms with Crippen molar-refractivity contribution in [1.82, 2.24) is 0 Å². The van der Waals surface area contributed by atoms with Crippen molar-refractivity contribution < 1.29 is 9.59 Å². The Morgan fingerprint density at radius 1 is 1.38 bits per heavy atom. The number of carbonyl (C=O) groups excluding carboxylic acids is 2. The topological polar surface area (TPSA) is 34.1 Å². The third-order valence-electron chi connectivity index (χ3n) is 0.714. The van der Waals surface area contributed by atoms with E-state index < -0.39 is 0 Å². The fourth-order valence-electron chi connectivity index (χ4n) is 0.249. The molecule has 0 aromatic carbocycles. The van der Waals surface area contributed by atoms with E-state index in [2.05, 4.69) is 0 Å². The quantitative estimate of drug-likeness (QED) is 0.405. The van der Waals surface area contributed by atoms with Gasteiger partial charge in [-0.25, -0.2) is 0 Å². The molecule has 0 aromatic rings. The second-order valence-corrected chi connectivity index (χ2v) is 1.33. The number of rotatable bonds is 2. The normalized spacial score (nSPS) is 7.25. The van der Waals surface area contributed by atoms with Crippen molar-refractivity contribution in [1.29, 1.82) is 0 Å². The molecule has 0 atom stereocenters. The van der Waals surface area contributed by atoms with Gasteiger partial charge in [0.05, 0.1) is 0 Å². The van der Waals surface area contributed by atoms with Crippen molar-refractivity contribution in [3.8, 4) is 0 Å². The van der Waals surface area contributed by atoms with Gasteiger partial charge in [0.25, 0.3) is 0 Å². The first-order valence-electron chi connectivity index (χ1n) is 2.22. The Hall–Kier alpha value is 0.600. The van der Waals surface area contributed by atoms with E-state index in [0.29, 0.717) is 6.42 Å². The van der Waals surface area contributed by atoms with Crippen LogP contribution in [-0.4, -0.2) is 49.3 Å². The van der Waals surface area contributed by atoms with Crippen molar-refractivity contribution in [3.05, 3.63) is 0 Å². The summed E-state index contributed by atoms with van der Waals surface area (Å²) in [5.41, 5.74) is 0. The van der Waals surface area contributed by atoms with E-state index in [4.69, 9.17) is 0 Å². The Labute approximate surface area is 78.6 Å². The molecule has 0 heterocycles. The van der Waals surface area contributed by atoms with Gasteiger partial charge in [0, 0.05) is 51.1 Å². The van der Waals surface area contributed by atoms with Crippen molar-refractivity contribution in [2.45, 2.75) is 20.3 Å². The minimum atomic E-state index is -0.345. The molecule has 0 aliphatic carbocycles. The zero-order valence-electron chi connectivity index (χ0n) is 5.23. The molecular weight excluding hydrogens is 132 g/mol. The fraction of sp³-hybridized carbons (Fsp3) is 0.600. The van der Waals surface area contributed by atoms with Gasteiger partial charge in [0.15, 0.2) is 11.6 Å². The summed E-state index contributed by atoms with van der Waals surface area (Å²) in [6.45, 7) is 2.95. The van der Waals surface area contributed by atoms with E-state index in [1.54, 1.807) is 6.92 Å². The number of Topliss-reactive ketones (excluding diaryl/α,β-unsaturated/α-hetero) is 2. The summed E-state index contributed by atoms with van der Waals surface area (Å²) < 4.78 is 0. The standard InChI is InChI=1S/C5H8O2.Ca/c1-3-5(7)4(2)6;/h3H2,1-2H3;. The van der Waals surface area contributed by atoms with Crippen LogP contribution in [-0.2, 0) is 9.59 Å². The van der Waals surface area contributed by atoms with Gasteiger partial charge in [0.1, 0.15) is 0 Å². The summed E-state index contributed by atoms with van der Waals surface area (Å²) in [7, 11) is 0. The van der Waals surface area contributed by atoms with Gasteiger partial charge in [-0.1, -0.05) is 6.92 Å². The van der Waals surface area contributed by atoms with E-state index >= 15 is 0 Å². The minimum Gasteiger partial charge on any atom is -0.291 e. The molecule has 0 unspecified atom stereocenters. The van der Waals surface area contributed by atoms with Crippen LogP contribution in [0.1, 0.15) is 20.3 Å². The Bertz CT molecular complexity index is 98.6. The predicted octanol–water partition coefficient (Wildman–Crippen LogP) is 0.174. The van der Waals surface area contributed by atoms with Gasteiger partial charge < -0.3 is 0 Å². The van der Waals surface area contributed by atoms with Gasteiger partial charge in [-0.2, -0.15) is 0 Å². The summed E-state index contributed by atoms with van der Waals surface area (Å²) >= 11 is 0. The van der Waals surface area contributed by atoms with E-state index in [9.17, 15) is 9.59 Å². The van der Waals surface area contributed by atoms with E-state index in [0.717, 1.165) is 0 Å². The Balaban J connectivity index is 0. The van der Waals surface area contributed by atoms with E-state index in [1.807, 2.05) is 0 Å². The fourth-order valence-corrected chi connectivity index (χ4v) is 0.249. The molecular formula is C5H8CaO2. The monoisotopic (exact) mass is 140 g/mol. The largest absolute Gasteiger partial charge is 0.291 e. The summed E-state index contributed by atoms with van der Waals surface area (Å²) in [4.78, 5) is 20.2. The molecule has 0 saturated carbocycles. The molecule has 0 aromatic heterocycles. The summed E-state index contributed by atoms with van der Waals surface area (Å²) in [6, 6.07) is 0. The van der Waals surface area contributed by atoms with Gasteiger partial charge in [-0.3, -0.25) is 9.59 Å². The van der Waals surface area contributed by atoms with Gasteiger partial charge in [0.2, 0.25) is 0 Å². The smallest absolute Gasteiger partial charge is 0.197 e. The van der Waals surface area contributed by atoms with E-state index in [-0.39, 0.29) is 49.3 Å². The molecule has 42 valence electrons. The Morgan fingerprint density at radius 2 is 1.75 bits per heavy atom. The SMILES string of the molecule is CCC(=O)C(C)=O.[Ca]. The van der Waals surface area contributed by atoms with Crippen LogP contribution in [0.4, 0.5) is 0 Å².